The van der Waals surface area contributed by atoms with Gasteiger partial charge in [-0.2, -0.15) is 4.31 Å². The number of piperidine rings is 1. The predicted molar refractivity (Wildman–Crippen MR) is 73.5 cm³/mol. The van der Waals surface area contributed by atoms with Crippen molar-refractivity contribution in [2.24, 2.45) is 5.92 Å². The lowest BCUT2D eigenvalue weighted by Gasteiger charge is -2.33. The Balaban J connectivity index is 2.25. The lowest BCUT2D eigenvalue weighted by atomic mass is 9.95. The van der Waals surface area contributed by atoms with Crippen LogP contribution in [0.2, 0.25) is 0 Å². The number of aliphatic hydroxyl groups excluding tert-OH is 1. The van der Waals surface area contributed by atoms with Crippen LogP contribution in [-0.2, 0) is 14.8 Å². The van der Waals surface area contributed by atoms with Crippen molar-refractivity contribution < 1.29 is 32.6 Å². The number of carboxylic acid groups (broad SMARTS) is 1. The molecule has 1 aromatic carbocycles. The van der Waals surface area contributed by atoms with Crippen molar-refractivity contribution in [1.82, 2.24) is 4.31 Å². The Morgan fingerprint density at radius 2 is 2.14 bits per heavy atom. The summed E-state index contributed by atoms with van der Waals surface area (Å²) < 4.78 is 44.2. The molecule has 1 aromatic rings. The van der Waals surface area contributed by atoms with Crippen LogP contribution < -0.4 is 4.74 Å². The highest BCUT2D eigenvalue weighted by Crippen LogP contribution is 2.27. The number of rotatable bonds is 4. The molecule has 0 unspecified atom stereocenters. The minimum atomic E-state index is -4.01. The molecular formula is C13H16FNO6S. The number of halogens is 1. The first-order valence-electron chi connectivity index (χ1n) is 6.52. The van der Waals surface area contributed by atoms with E-state index in [0.717, 1.165) is 10.4 Å². The van der Waals surface area contributed by atoms with Gasteiger partial charge in [-0.1, -0.05) is 0 Å². The van der Waals surface area contributed by atoms with E-state index in [-0.39, 0.29) is 30.2 Å². The molecule has 2 N–H and O–H groups in total. The average Bonchev–Trinajstić information content (AvgIpc) is 2.46. The number of methoxy groups -OCH3 is 1. The number of hydrogen-bond donors (Lipinski definition) is 2. The molecule has 0 saturated carbocycles. The molecule has 2 atom stereocenters. The topological polar surface area (TPSA) is 104 Å². The summed E-state index contributed by atoms with van der Waals surface area (Å²) in [6.07, 6.45) is -1.31. The molecule has 0 bridgehead atoms. The Hall–Kier alpha value is -1.71. The van der Waals surface area contributed by atoms with Crippen molar-refractivity contribution in [3.8, 4) is 5.75 Å². The number of benzene rings is 1. The third kappa shape index (κ3) is 3.06. The summed E-state index contributed by atoms with van der Waals surface area (Å²) in [6, 6.07) is 3.24. The monoisotopic (exact) mass is 333 g/mol. The highest BCUT2D eigenvalue weighted by molar-refractivity contribution is 7.89. The molecule has 1 fully saturated rings. The van der Waals surface area contributed by atoms with Crippen LogP contribution in [0.3, 0.4) is 0 Å². The van der Waals surface area contributed by atoms with E-state index in [2.05, 4.69) is 0 Å². The fourth-order valence-electron chi connectivity index (χ4n) is 2.37. The van der Waals surface area contributed by atoms with Crippen LogP contribution in [0.25, 0.3) is 0 Å². The SMILES string of the molecule is COc1ccc(S(=O)(=O)N2CC[C@H](C(=O)O)[C@H](O)C2)cc1F. The fourth-order valence-corrected chi connectivity index (χ4v) is 3.85. The summed E-state index contributed by atoms with van der Waals surface area (Å²) in [4.78, 5) is 10.6. The minimum absolute atomic E-state index is 0.00559. The zero-order valence-electron chi connectivity index (χ0n) is 11.8. The van der Waals surface area contributed by atoms with Gasteiger partial charge in [0.25, 0.3) is 0 Å². The summed E-state index contributed by atoms with van der Waals surface area (Å²) >= 11 is 0. The molecule has 9 heteroatoms. The third-order valence-corrected chi connectivity index (χ3v) is 5.48. The summed E-state index contributed by atoms with van der Waals surface area (Å²) in [5, 5.41) is 18.7. The van der Waals surface area contributed by atoms with Crippen molar-refractivity contribution in [3.63, 3.8) is 0 Å². The highest BCUT2D eigenvalue weighted by Gasteiger charge is 2.38. The number of carbonyl (C=O) groups is 1. The van der Waals surface area contributed by atoms with E-state index in [1.807, 2.05) is 0 Å². The average molecular weight is 333 g/mol. The number of hydrogen-bond acceptors (Lipinski definition) is 5. The van der Waals surface area contributed by atoms with E-state index in [4.69, 9.17) is 9.84 Å². The second-order valence-electron chi connectivity index (χ2n) is 4.96. The van der Waals surface area contributed by atoms with Crippen molar-refractivity contribution in [2.75, 3.05) is 20.2 Å². The zero-order chi connectivity index (χ0) is 16.5. The normalized spacial score (nSPS) is 23.2. The van der Waals surface area contributed by atoms with Gasteiger partial charge in [-0.3, -0.25) is 4.79 Å². The summed E-state index contributed by atoms with van der Waals surface area (Å²) in [7, 11) is -2.74. The van der Waals surface area contributed by atoms with Crippen LogP contribution >= 0.6 is 0 Å². The van der Waals surface area contributed by atoms with E-state index in [0.29, 0.717) is 0 Å². The number of sulfonamides is 1. The van der Waals surface area contributed by atoms with Gasteiger partial charge in [0.1, 0.15) is 0 Å². The molecule has 0 amide bonds. The standard InChI is InChI=1S/C13H16FNO6S/c1-21-12-3-2-8(6-10(12)14)22(19,20)15-5-4-9(13(17)18)11(16)7-15/h2-3,6,9,11,16H,4-5,7H2,1H3,(H,17,18)/t9-,11+/m0/s1. The third-order valence-electron chi connectivity index (χ3n) is 3.62. The van der Waals surface area contributed by atoms with Gasteiger partial charge < -0.3 is 14.9 Å². The van der Waals surface area contributed by atoms with Crippen LogP contribution in [0.5, 0.6) is 5.75 Å². The van der Waals surface area contributed by atoms with Crippen LogP contribution in [0.1, 0.15) is 6.42 Å². The Morgan fingerprint density at radius 3 is 2.64 bits per heavy atom. The number of nitrogens with zero attached hydrogens (tertiary/aromatic N) is 1. The number of aliphatic hydroxyl groups is 1. The highest BCUT2D eigenvalue weighted by atomic mass is 32.2. The lowest BCUT2D eigenvalue weighted by molar-refractivity contribution is -0.147. The smallest absolute Gasteiger partial charge is 0.309 e. The lowest BCUT2D eigenvalue weighted by Crippen LogP contribution is -2.48. The van der Waals surface area contributed by atoms with E-state index in [1.54, 1.807) is 0 Å². The Bertz CT molecular complexity index is 677. The van der Waals surface area contributed by atoms with E-state index < -0.39 is 33.8 Å². The van der Waals surface area contributed by atoms with E-state index in [9.17, 15) is 22.7 Å². The largest absolute Gasteiger partial charge is 0.494 e. The Morgan fingerprint density at radius 1 is 1.45 bits per heavy atom. The molecule has 7 nitrogen and oxygen atoms in total. The molecule has 1 aliphatic rings. The van der Waals surface area contributed by atoms with Gasteiger partial charge in [0, 0.05) is 13.1 Å². The van der Waals surface area contributed by atoms with E-state index >= 15 is 0 Å². The summed E-state index contributed by atoms with van der Waals surface area (Å²) in [6.45, 7) is -0.392. The second-order valence-corrected chi connectivity index (χ2v) is 6.90. The van der Waals surface area contributed by atoms with Crippen molar-refractivity contribution in [1.29, 1.82) is 0 Å². The van der Waals surface area contributed by atoms with Crippen molar-refractivity contribution in [3.05, 3.63) is 24.0 Å². The van der Waals surface area contributed by atoms with E-state index in [1.165, 1.54) is 19.2 Å². The molecule has 122 valence electrons. The molecule has 0 aromatic heterocycles. The van der Waals surface area contributed by atoms with Crippen LogP contribution in [0.15, 0.2) is 23.1 Å². The van der Waals surface area contributed by atoms with Gasteiger partial charge >= 0.3 is 5.97 Å². The van der Waals surface area contributed by atoms with Crippen LogP contribution in [-0.4, -0.2) is 55.2 Å². The summed E-state index contributed by atoms with van der Waals surface area (Å²) in [5.74, 6) is -3.06. The molecule has 0 radical (unpaired) electrons. The first-order valence-corrected chi connectivity index (χ1v) is 7.96. The molecule has 22 heavy (non-hydrogen) atoms. The van der Waals surface area contributed by atoms with Crippen LogP contribution in [0.4, 0.5) is 4.39 Å². The Kier molecular flexibility index (Phi) is 4.69. The maximum atomic E-state index is 13.7. The number of carboxylic acids is 1. The first kappa shape index (κ1) is 16.7. The molecule has 1 aliphatic heterocycles. The Labute approximate surface area is 127 Å². The van der Waals surface area contributed by atoms with Gasteiger partial charge in [-0.25, -0.2) is 12.8 Å². The molecule has 1 heterocycles. The zero-order valence-corrected chi connectivity index (χ0v) is 12.6. The van der Waals surface area contributed by atoms with Crippen LogP contribution in [0, 0.1) is 11.7 Å². The quantitative estimate of drug-likeness (QED) is 0.821. The van der Waals surface area contributed by atoms with Crippen molar-refractivity contribution in [2.45, 2.75) is 17.4 Å². The predicted octanol–water partition coefficient (Wildman–Crippen LogP) is 0.290. The molecule has 0 aliphatic carbocycles. The maximum Gasteiger partial charge on any atom is 0.309 e. The summed E-state index contributed by atoms with van der Waals surface area (Å²) in [5.41, 5.74) is 0. The van der Waals surface area contributed by atoms with Gasteiger partial charge in [0.2, 0.25) is 10.0 Å². The van der Waals surface area contributed by atoms with Gasteiger partial charge in [-0.05, 0) is 24.6 Å². The molecule has 0 spiro atoms. The second kappa shape index (κ2) is 6.19. The first-order chi connectivity index (χ1) is 10.3. The minimum Gasteiger partial charge on any atom is -0.494 e. The van der Waals surface area contributed by atoms with Crippen molar-refractivity contribution >= 4 is 16.0 Å². The maximum absolute atomic E-state index is 13.7. The molecular weight excluding hydrogens is 317 g/mol. The molecule has 2 rings (SSSR count). The molecule has 1 saturated heterocycles. The number of ether oxygens (including phenoxy) is 1. The van der Waals surface area contributed by atoms with Gasteiger partial charge in [0.15, 0.2) is 11.6 Å². The van der Waals surface area contributed by atoms with Gasteiger partial charge in [0.05, 0.1) is 24.0 Å². The van der Waals surface area contributed by atoms with Gasteiger partial charge in [-0.15, -0.1) is 0 Å². The fraction of sp³-hybridized carbons (Fsp3) is 0.462. The number of β-amino-alcohol motifs (C(OH)–C–C–N with tert-alkyl or cyclic N) is 1. The number of aliphatic carboxylic acids is 1.